The van der Waals surface area contributed by atoms with E-state index in [1.807, 2.05) is 6.07 Å². The van der Waals surface area contributed by atoms with Gasteiger partial charge in [-0.1, -0.05) is 6.92 Å². The molecule has 0 spiro atoms. The summed E-state index contributed by atoms with van der Waals surface area (Å²) in [5, 5.41) is 3.43. The summed E-state index contributed by atoms with van der Waals surface area (Å²) >= 11 is 0. The Balaban J connectivity index is 1.38. The van der Waals surface area contributed by atoms with Gasteiger partial charge < -0.3 is 10.2 Å². The van der Waals surface area contributed by atoms with Gasteiger partial charge in [-0.05, 0) is 76.4 Å². The van der Waals surface area contributed by atoms with Crippen LogP contribution in [0, 0.1) is 5.92 Å². The lowest BCUT2D eigenvalue weighted by molar-refractivity contribution is -0.122. The van der Waals surface area contributed by atoms with Crippen molar-refractivity contribution in [1.29, 1.82) is 0 Å². The molecule has 0 aliphatic carbocycles. The number of rotatable bonds is 10. The van der Waals surface area contributed by atoms with Gasteiger partial charge in [0.05, 0.1) is 17.2 Å². The van der Waals surface area contributed by atoms with Crippen molar-refractivity contribution in [2.45, 2.75) is 58.4 Å². The third kappa shape index (κ3) is 5.81. The fourth-order valence-electron chi connectivity index (χ4n) is 5.48. The van der Waals surface area contributed by atoms with Crippen LogP contribution in [-0.4, -0.2) is 85.0 Å². The SMILES string of the molecule is CCC(=O)CCC(C(C)=O)N1C(=O)c2ccc(N3CCN(CCC4CCNCC4)CC3)cc2C1=O. The minimum absolute atomic E-state index is 0.0186. The zero-order valence-corrected chi connectivity index (χ0v) is 21.1. The number of piperidine rings is 1. The van der Waals surface area contributed by atoms with Crippen LogP contribution in [0.3, 0.4) is 0 Å². The van der Waals surface area contributed by atoms with Gasteiger partial charge in [0.25, 0.3) is 11.8 Å². The number of fused-ring (bicyclic) bond motifs is 1. The number of ketones is 2. The predicted molar refractivity (Wildman–Crippen MR) is 135 cm³/mol. The van der Waals surface area contributed by atoms with Crippen LogP contribution in [-0.2, 0) is 9.59 Å². The van der Waals surface area contributed by atoms with Crippen molar-refractivity contribution in [2.24, 2.45) is 5.92 Å². The van der Waals surface area contributed by atoms with Gasteiger partial charge in [0.2, 0.25) is 0 Å². The Labute approximate surface area is 208 Å². The largest absolute Gasteiger partial charge is 0.369 e. The first kappa shape index (κ1) is 25.5. The Bertz CT molecular complexity index is 964. The first-order chi connectivity index (χ1) is 16.9. The van der Waals surface area contributed by atoms with Gasteiger partial charge in [-0.2, -0.15) is 0 Å². The van der Waals surface area contributed by atoms with Crippen LogP contribution in [0.15, 0.2) is 18.2 Å². The zero-order chi connectivity index (χ0) is 24.9. The van der Waals surface area contributed by atoms with Crippen LogP contribution < -0.4 is 10.2 Å². The summed E-state index contributed by atoms with van der Waals surface area (Å²) in [6.45, 7) is 10.3. The molecule has 35 heavy (non-hydrogen) atoms. The van der Waals surface area contributed by atoms with Crippen LogP contribution in [0.25, 0.3) is 0 Å². The number of imide groups is 1. The Kier molecular flexibility index (Phi) is 8.34. The lowest BCUT2D eigenvalue weighted by Gasteiger charge is -2.37. The third-order valence-electron chi connectivity index (χ3n) is 7.82. The number of nitrogens with one attached hydrogen (secondary N) is 1. The Morgan fingerprint density at radius 1 is 1.03 bits per heavy atom. The molecular weight excluding hydrogens is 444 g/mol. The van der Waals surface area contributed by atoms with Crippen molar-refractivity contribution in [3.8, 4) is 0 Å². The maximum atomic E-state index is 13.2. The van der Waals surface area contributed by atoms with Crippen molar-refractivity contribution < 1.29 is 19.2 Å². The highest BCUT2D eigenvalue weighted by Crippen LogP contribution is 2.31. The summed E-state index contributed by atoms with van der Waals surface area (Å²) in [4.78, 5) is 56.2. The lowest BCUT2D eigenvalue weighted by Crippen LogP contribution is -2.47. The first-order valence-electron chi connectivity index (χ1n) is 13.1. The number of hydrogen-bond donors (Lipinski definition) is 1. The second-order valence-corrected chi connectivity index (χ2v) is 10.1. The smallest absolute Gasteiger partial charge is 0.262 e. The Hall–Kier alpha value is -2.58. The number of nitrogens with zero attached hydrogens (tertiary/aromatic N) is 3. The lowest BCUT2D eigenvalue weighted by atomic mass is 9.94. The van der Waals surface area contributed by atoms with Gasteiger partial charge >= 0.3 is 0 Å². The third-order valence-corrected chi connectivity index (χ3v) is 7.82. The fraction of sp³-hybridized carbons (Fsp3) is 0.630. The van der Waals surface area contributed by atoms with Gasteiger partial charge in [-0.25, -0.2) is 0 Å². The number of piperazine rings is 1. The number of carbonyl (C=O) groups is 4. The molecule has 1 atom stereocenters. The molecule has 0 saturated carbocycles. The molecule has 2 saturated heterocycles. The second-order valence-electron chi connectivity index (χ2n) is 10.1. The van der Waals surface area contributed by atoms with E-state index in [9.17, 15) is 19.2 Å². The van der Waals surface area contributed by atoms with E-state index in [1.54, 1.807) is 19.1 Å². The van der Waals surface area contributed by atoms with E-state index in [0.29, 0.717) is 17.5 Å². The van der Waals surface area contributed by atoms with E-state index >= 15 is 0 Å². The molecule has 0 radical (unpaired) electrons. The molecule has 4 rings (SSSR count). The van der Waals surface area contributed by atoms with E-state index in [4.69, 9.17) is 0 Å². The number of Topliss-reactive ketones (excluding diaryl/α,β-unsaturated/α-hetero) is 2. The number of carbonyl (C=O) groups excluding carboxylic acids is 4. The van der Waals surface area contributed by atoms with Gasteiger partial charge in [-0.3, -0.25) is 29.0 Å². The number of hydrogen-bond acceptors (Lipinski definition) is 7. The molecule has 3 aliphatic heterocycles. The highest BCUT2D eigenvalue weighted by molar-refractivity contribution is 6.23. The molecule has 8 nitrogen and oxygen atoms in total. The molecule has 2 fully saturated rings. The number of amides is 2. The van der Waals surface area contributed by atoms with E-state index in [2.05, 4.69) is 15.1 Å². The minimum atomic E-state index is -0.898. The highest BCUT2D eigenvalue weighted by Gasteiger charge is 2.42. The van der Waals surface area contributed by atoms with Gasteiger partial charge in [0, 0.05) is 44.7 Å². The quantitative estimate of drug-likeness (QED) is 0.513. The van der Waals surface area contributed by atoms with E-state index in [-0.39, 0.29) is 24.4 Å². The van der Waals surface area contributed by atoms with Crippen molar-refractivity contribution in [1.82, 2.24) is 15.1 Å². The summed E-state index contributed by atoms with van der Waals surface area (Å²) in [6, 6.07) is 4.52. The van der Waals surface area contributed by atoms with Crippen LogP contribution in [0.4, 0.5) is 5.69 Å². The summed E-state index contributed by atoms with van der Waals surface area (Å²) in [5.41, 5.74) is 1.63. The second kappa shape index (κ2) is 11.4. The highest BCUT2D eigenvalue weighted by atomic mass is 16.2. The molecule has 190 valence electrons. The van der Waals surface area contributed by atoms with E-state index in [1.165, 1.54) is 26.2 Å². The Morgan fingerprint density at radius 3 is 2.37 bits per heavy atom. The standard InChI is InChI=1S/C27H38N4O4/c1-3-22(33)5-7-25(19(2)32)31-26(34)23-6-4-21(18-24(23)27(31)35)30-16-14-29(15-17-30)13-10-20-8-11-28-12-9-20/h4,6,18,20,25,28H,3,5,7-17H2,1-2H3. The minimum Gasteiger partial charge on any atom is -0.369 e. The van der Waals surface area contributed by atoms with E-state index < -0.39 is 17.9 Å². The average molecular weight is 483 g/mol. The molecule has 1 aromatic rings. The van der Waals surface area contributed by atoms with Crippen LogP contribution in [0.5, 0.6) is 0 Å². The van der Waals surface area contributed by atoms with Crippen molar-refractivity contribution in [3.05, 3.63) is 29.3 Å². The van der Waals surface area contributed by atoms with Gasteiger partial charge in [-0.15, -0.1) is 0 Å². The van der Waals surface area contributed by atoms with Gasteiger partial charge in [0.1, 0.15) is 5.78 Å². The monoisotopic (exact) mass is 482 g/mol. The molecular formula is C27H38N4O4. The maximum absolute atomic E-state index is 13.2. The average Bonchev–Trinajstić information content (AvgIpc) is 3.13. The summed E-state index contributed by atoms with van der Waals surface area (Å²) in [5.74, 6) is -0.300. The maximum Gasteiger partial charge on any atom is 0.262 e. The molecule has 1 N–H and O–H groups in total. The fourth-order valence-corrected chi connectivity index (χ4v) is 5.48. The number of benzene rings is 1. The normalized spacial score (nSPS) is 20.3. The van der Waals surface area contributed by atoms with Crippen molar-refractivity contribution in [2.75, 3.05) is 50.7 Å². The van der Waals surface area contributed by atoms with Crippen molar-refractivity contribution >= 4 is 29.1 Å². The summed E-state index contributed by atoms with van der Waals surface area (Å²) < 4.78 is 0. The molecule has 3 heterocycles. The molecule has 0 bridgehead atoms. The van der Waals surface area contributed by atoms with Crippen LogP contribution >= 0.6 is 0 Å². The van der Waals surface area contributed by atoms with Crippen LogP contribution in [0.1, 0.15) is 73.1 Å². The molecule has 1 unspecified atom stereocenters. The predicted octanol–water partition coefficient (Wildman–Crippen LogP) is 2.51. The first-order valence-corrected chi connectivity index (χ1v) is 13.1. The van der Waals surface area contributed by atoms with Gasteiger partial charge in [0.15, 0.2) is 5.78 Å². The molecule has 8 heteroatoms. The molecule has 0 aromatic heterocycles. The summed E-state index contributed by atoms with van der Waals surface area (Å²) in [7, 11) is 0. The van der Waals surface area contributed by atoms with E-state index in [0.717, 1.165) is 62.3 Å². The molecule has 2 amide bonds. The molecule has 3 aliphatic rings. The molecule has 1 aromatic carbocycles. The number of anilines is 1. The van der Waals surface area contributed by atoms with Crippen LogP contribution in [0.2, 0.25) is 0 Å². The summed E-state index contributed by atoms with van der Waals surface area (Å²) in [6.07, 6.45) is 4.55. The topological polar surface area (TPSA) is 90.0 Å². The zero-order valence-electron chi connectivity index (χ0n) is 21.1. The Morgan fingerprint density at radius 2 is 1.71 bits per heavy atom. The van der Waals surface area contributed by atoms with Crippen molar-refractivity contribution in [3.63, 3.8) is 0 Å².